The van der Waals surface area contributed by atoms with Crippen LogP contribution in [0.2, 0.25) is 0 Å². The van der Waals surface area contributed by atoms with Crippen LogP contribution in [0.5, 0.6) is 5.75 Å². The molecule has 1 aromatic carbocycles. The first kappa shape index (κ1) is 27.1. The van der Waals surface area contributed by atoms with Crippen molar-refractivity contribution in [2.45, 2.75) is 33.1 Å². The first-order valence-electron chi connectivity index (χ1n) is 9.17. The number of piperidine rings is 1. The van der Waals surface area contributed by atoms with E-state index in [0.29, 0.717) is 42.5 Å². The van der Waals surface area contributed by atoms with Crippen molar-refractivity contribution < 1.29 is 77.8 Å². The van der Waals surface area contributed by atoms with Crippen LogP contribution < -0.4 is 74.3 Å². The molecule has 0 saturated carbocycles. The molecule has 1 atom stereocenters. The molecule has 1 saturated heterocycles. The number of hydrogen-bond donors (Lipinski definition) is 2. The normalized spacial score (nSPS) is 20.9. The molecule has 0 bridgehead atoms. The molecule has 1 amide bonds. The van der Waals surface area contributed by atoms with Crippen molar-refractivity contribution in [1.82, 2.24) is 4.90 Å². The zero-order valence-corrected chi connectivity index (χ0v) is 22.5. The number of nitrogens with two attached hydrogens (primary N) is 1. The molecule has 8 nitrogen and oxygen atoms in total. The van der Waals surface area contributed by atoms with Crippen LogP contribution in [0.4, 0.5) is 5.69 Å². The van der Waals surface area contributed by atoms with E-state index in [4.69, 9.17) is 10.5 Å². The second kappa shape index (κ2) is 11.6. The van der Waals surface area contributed by atoms with Gasteiger partial charge in [-0.3, -0.25) is 4.79 Å². The Labute approximate surface area is 218 Å². The number of nitrogens with zero attached hydrogens (tertiary/aromatic N) is 2. The number of carbonyl (C=O) groups excluding carboxylic acids is 1. The molecule has 1 aromatic rings. The fourth-order valence-electron chi connectivity index (χ4n) is 3.45. The van der Waals surface area contributed by atoms with E-state index in [0.717, 1.165) is 19.4 Å². The average molecular weight is 440 g/mol. The standard InChI is InChI=1S/C18H28N4O4S.2Na/c1-12(2)9-16(23)22-8-4-5-13(10-22)11-26-15-7-3-6-14-17(15)18(19)21-27(24,25)20-14;;/h3,6-7,12-13,20,24-25H,4-5,8-11H2,1-2H3,(H2,19,21);;/q;2*+1/p-2/t13-;;/m0../s1. The van der Waals surface area contributed by atoms with Crippen LogP contribution in [0.3, 0.4) is 0 Å². The molecule has 2 aliphatic rings. The summed E-state index contributed by atoms with van der Waals surface area (Å²) in [6.07, 6.45) is 2.50. The van der Waals surface area contributed by atoms with Crippen molar-refractivity contribution in [1.29, 1.82) is 0 Å². The molecule has 0 aliphatic carbocycles. The molecule has 2 heterocycles. The first-order chi connectivity index (χ1) is 12.7. The van der Waals surface area contributed by atoms with Gasteiger partial charge in [0.15, 0.2) is 5.84 Å². The molecule has 11 heteroatoms. The second-order valence-electron chi connectivity index (χ2n) is 7.49. The summed E-state index contributed by atoms with van der Waals surface area (Å²) in [6.45, 7) is 5.99. The predicted octanol–water partition coefficient (Wildman–Crippen LogP) is -3.62. The Morgan fingerprint density at radius 3 is 2.83 bits per heavy atom. The van der Waals surface area contributed by atoms with Gasteiger partial charge in [-0.1, -0.05) is 19.9 Å². The number of carbonyl (C=O) groups is 1. The largest absolute Gasteiger partial charge is 1.00 e. The summed E-state index contributed by atoms with van der Waals surface area (Å²) in [6, 6.07) is 5.06. The molecule has 2 aliphatic heterocycles. The van der Waals surface area contributed by atoms with Gasteiger partial charge in [0.1, 0.15) is 5.75 Å². The summed E-state index contributed by atoms with van der Waals surface area (Å²) in [5.74, 6) is 1.16. The average Bonchev–Trinajstić information content (AvgIpc) is 2.58. The van der Waals surface area contributed by atoms with E-state index < -0.39 is 11.0 Å². The summed E-state index contributed by atoms with van der Waals surface area (Å²) in [7, 11) is -3.81. The van der Waals surface area contributed by atoms with Crippen molar-refractivity contribution in [3.63, 3.8) is 0 Å². The molecular weight excluding hydrogens is 414 g/mol. The van der Waals surface area contributed by atoms with Crippen molar-refractivity contribution >= 4 is 28.4 Å². The van der Waals surface area contributed by atoms with Crippen molar-refractivity contribution in [2.75, 3.05) is 24.4 Å². The summed E-state index contributed by atoms with van der Waals surface area (Å²) in [5, 5.41) is 0. The van der Waals surface area contributed by atoms with Gasteiger partial charge >= 0.3 is 59.1 Å². The van der Waals surface area contributed by atoms with Crippen molar-refractivity contribution in [3.05, 3.63) is 23.8 Å². The maximum absolute atomic E-state index is 12.3. The van der Waals surface area contributed by atoms with Gasteiger partial charge in [-0.15, -0.1) is 0 Å². The fraction of sp³-hybridized carbons (Fsp3) is 0.556. The maximum atomic E-state index is 12.3. The number of rotatable bonds is 5. The predicted molar refractivity (Wildman–Crippen MR) is 104 cm³/mol. The Balaban J connectivity index is 0.00000210. The Kier molecular flexibility index (Phi) is 10.8. The molecular formula is C18H26N4Na2O4S. The molecule has 0 aromatic heterocycles. The molecule has 3 N–H and O–H groups in total. The van der Waals surface area contributed by atoms with Gasteiger partial charge in [0.05, 0.1) is 17.9 Å². The number of benzene rings is 1. The molecule has 0 spiro atoms. The van der Waals surface area contributed by atoms with Gasteiger partial charge in [-0.05, 0) is 30.9 Å². The van der Waals surface area contributed by atoms with Gasteiger partial charge in [0.2, 0.25) is 5.91 Å². The third kappa shape index (κ3) is 7.29. The third-order valence-corrected chi connectivity index (χ3v) is 5.58. The zero-order chi connectivity index (χ0) is 19.6. The number of amides is 1. The molecule has 29 heavy (non-hydrogen) atoms. The first-order valence-corrected chi connectivity index (χ1v) is 10.6. The number of hydrogen-bond acceptors (Lipinski definition) is 7. The topological polar surface area (TPSA) is 126 Å². The summed E-state index contributed by atoms with van der Waals surface area (Å²) in [5.41, 5.74) is 6.65. The van der Waals surface area contributed by atoms with Gasteiger partial charge in [0.25, 0.3) is 0 Å². The van der Waals surface area contributed by atoms with E-state index in [1.54, 1.807) is 18.2 Å². The van der Waals surface area contributed by atoms with Gasteiger partial charge in [0, 0.05) is 25.4 Å². The van der Waals surface area contributed by atoms with E-state index in [1.807, 2.05) is 18.7 Å². The summed E-state index contributed by atoms with van der Waals surface area (Å²) >= 11 is 0. The van der Waals surface area contributed by atoms with Crippen LogP contribution >= 0.6 is 11.0 Å². The third-order valence-electron chi connectivity index (χ3n) is 4.67. The summed E-state index contributed by atoms with van der Waals surface area (Å²) in [4.78, 5) is 14.2. The quantitative estimate of drug-likeness (QED) is 0.456. The van der Waals surface area contributed by atoms with Crippen LogP contribution in [0.1, 0.15) is 38.7 Å². The number of anilines is 1. The SMILES string of the molecule is CC(C)CC(=O)N1CCC[C@H](COc2cccc3c2C(N)=NS([O-])([O-])N3)C1.[Na+].[Na+]. The Hall–Kier alpha value is 0.0300. The Bertz CT molecular complexity index is 749. The molecule has 0 radical (unpaired) electrons. The van der Waals surface area contributed by atoms with E-state index in [9.17, 15) is 13.9 Å². The van der Waals surface area contributed by atoms with Gasteiger partial charge < -0.3 is 40.2 Å². The number of likely N-dealkylation sites (tertiary alicyclic amines) is 1. The number of ether oxygens (including phenoxy) is 1. The maximum Gasteiger partial charge on any atom is 1.00 e. The van der Waals surface area contributed by atoms with Crippen LogP contribution in [-0.2, 0) is 4.79 Å². The zero-order valence-electron chi connectivity index (χ0n) is 17.6. The smallest absolute Gasteiger partial charge is 0.765 e. The number of amidine groups is 1. The minimum atomic E-state index is -3.81. The minimum Gasteiger partial charge on any atom is -0.765 e. The van der Waals surface area contributed by atoms with Crippen LogP contribution in [-0.4, -0.2) is 45.4 Å². The Morgan fingerprint density at radius 1 is 1.41 bits per heavy atom. The Morgan fingerprint density at radius 2 is 2.14 bits per heavy atom. The monoisotopic (exact) mass is 440 g/mol. The van der Waals surface area contributed by atoms with E-state index in [2.05, 4.69) is 9.12 Å². The minimum absolute atomic E-state index is 0. The van der Waals surface area contributed by atoms with E-state index in [1.165, 1.54) is 0 Å². The molecule has 1 fully saturated rings. The second-order valence-corrected chi connectivity index (χ2v) is 8.83. The number of fused-ring (bicyclic) bond motifs is 1. The van der Waals surface area contributed by atoms with Crippen molar-refractivity contribution in [2.24, 2.45) is 22.0 Å². The van der Waals surface area contributed by atoms with E-state index >= 15 is 0 Å². The molecule has 0 unspecified atom stereocenters. The van der Waals surface area contributed by atoms with Gasteiger partial charge in [-0.2, -0.15) is 4.40 Å². The molecule has 150 valence electrons. The summed E-state index contributed by atoms with van der Waals surface area (Å²) < 4.78 is 35.1. The molecule has 3 rings (SSSR count). The van der Waals surface area contributed by atoms with Crippen LogP contribution in [0.15, 0.2) is 22.6 Å². The fourth-order valence-corrected chi connectivity index (χ4v) is 4.30. The van der Waals surface area contributed by atoms with Crippen molar-refractivity contribution in [3.8, 4) is 5.75 Å². The van der Waals surface area contributed by atoms with Crippen LogP contribution in [0, 0.1) is 11.8 Å². The van der Waals surface area contributed by atoms with Crippen LogP contribution in [0.25, 0.3) is 0 Å². The number of nitrogens with one attached hydrogen (secondary N) is 1. The van der Waals surface area contributed by atoms with Gasteiger partial charge in [-0.25, -0.2) is 0 Å². The van der Waals surface area contributed by atoms with E-state index in [-0.39, 0.29) is 76.8 Å².